The van der Waals surface area contributed by atoms with Gasteiger partial charge in [-0.2, -0.15) is 4.98 Å². The number of aromatic nitrogens is 3. The normalized spacial score (nSPS) is 19.0. The first kappa shape index (κ1) is 14.0. The highest BCUT2D eigenvalue weighted by Gasteiger charge is 2.22. The number of nitrogens with two attached hydrogens (primary N) is 1. The second-order valence-corrected chi connectivity index (χ2v) is 5.49. The summed E-state index contributed by atoms with van der Waals surface area (Å²) in [5, 5.41) is 4.03. The average molecular weight is 287 g/mol. The smallest absolute Gasteiger partial charge is 0.261 e. The molecule has 6 heteroatoms. The van der Waals surface area contributed by atoms with Crippen LogP contribution >= 0.6 is 0 Å². The van der Waals surface area contributed by atoms with Crippen LogP contribution in [0.4, 0.5) is 5.82 Å². The molecule has 1 unspecified atom stereocenters. The van der Waals surface area contributed by atoms with E-state index in [1.165, 1.54) is 0 Å². The Morgan fingerprint density at radius 1 is 1.48 bits per heavy atom. The first-order valence-electron chi connectivity index (χ1n) is 7.56. The zero-order chi connectivity index (χ0) is 14.7. The molecule has 3 rings (SSSR count). The lowest BCUT2D eigenvalue weighted by molar-refractivity contribution is 0.421. The van der Waals surface area contributed by atoms with Crippen molar-refractivity contribution in [3.8, 4) is 11.5 Å². The molecule has 6 nitrogen and oxygen atoms in total. The SMILES string of the molecule is CCCc1noc(-c2cccnc2N2CCCC(N)C2)n1. The summed E-state index contributed by atoms with van der Waals surface area (Å²) in [6.07, 6.45) is 5.78. The fourth-order valence-corrected chi connectivity index (χ4v) is 2.71. The van der Waals surface area contributed by atoms with Crippen LogP contribution in [-0.4, -0.2) is 34.3 Å². The van der Waals surface area contributed by atoms with Crippen LogP contribution in [0.5, 0.6) is 0 Å². The molecule has 1 fully saturated rings. The molecule has 0 radical (unpaired) electrons. The van der Waals surface area contributed by atoms with Gasteiger partial charge in [-0.05, 0) is 31.4 Å². The van der Waals surface area contributed by atoms with Gasteiger partial charge in [-0.3, -0.25) is 0 Å². The molecule has 2 N–H and O–H groups in total. The second-order valence-electron chi connectivity index (χ2n) is 5.49. The van der Waals surface area contributed by atoms with Crippen LogP contribution in [0.1, 0.15) is 32.0 Å². The van der Waals surface area contributed by atoms with Crippen molar-refractivity contribution in [3.05, 3.63) is 24.2 Å². The lowest BCUT2D eigenvalue weighted by Crippen LogP contribution is -2.43. The molecule has 0 aliphatic carbocycles. The van der Waals surface area contributed by atoms with Crippen LogP contribution in [0.2, 0.25) is 0 Å². The number of nitrogens with zero attached hydrogens (tertiary/aromatic N) is 4. The van der Waals surface area contributed by atoms with Crippen LogP contribution < -0.4 is 10.6 Å². The van der Waals surface area contributed by atoms with E-state index in [-0.39, 0.29) is 6.04 Å². The first-order chi connectivity index (χ1) is 10.3. The Bertz CT molecular complexity index is 597. The Balaban J connectivity index is 1.91. The number of hydrogen-bond acceptors (Lipinski definition) is 6. The highest BCUT2D eigenvalue weighted by Crippen LogP contribution is 2.29. The van der Waals surface area contributed by atoms with Gasteiger partial charge >= 0.3 is 0 Å². The van der Waals surface area contributed by atoms with E-state index in [1.807, 2.05) is 12.1 Å². The van der Waals surface area contributed by atoms with Crippen LogP contribution in [-0.2, 0) is 6.42 Å². The van der Waals surface area contributed by atoms with Gasteiger partial charge in [-0.1, -0.05) is 12.1 Å². The van der Waals surface area contributed by atoms with Gasteiger partial charge in [-0.25, -0.2) is 4.98 Å². The highest BCUT2D eigenvalue weighted by atomic mass is 16.5. The average Bonchev–Trinajstić information content (AvgIpc) is 2.96. The molecule has 2 aromatic heterocycles. The predicted molar refractivity (Wildman–Crippen MR) is 80.9 cm³/mol. The minimum absolute atomic E-state index is 0.201. The molecule has 0 spiro atoms. The number of rotatable bonds is 4. The van der Waals surface area contributed by atoms with Crippen molar-refractivity contribution in [1.82, 2.24) is 15.1 Å². The van der Waals surface area contributed by atoms with E-state index < -0.39 is 0 Å². The second kappa shape index (κ2) is 6.22. The van der Waals surface area contributed by atoms with Crippen molar-refractivity contribution < 1.29 is 4.52 Å². The third-order valence-corrected chi connectivity index (χ3v) is 3.72. The molecule has 1 saturated heterocycles. The Morgan fingerprint density at radius 2 is 2.38 bits per heavy atom. The Hall–Kier alpha value is -1.95. The molecule has 0 saturated carbocycles. The summed E-state index contributed by atoms with van der Waals surface area (Å²) in [5.74, 6) is 2.18. The van der Waals surface area contributed by atoms with Crippen LogP contribution in [0, 0.1) is 0 Å². The number of pyridine rings is 1. The number of piperidine rings is 1. The Kier molecular flexibility index (Phi) is 4.15. The summed E-state index contributed by atoms with van der Waals surface area (Å²) in [6, 6.07) is 4.07. The van der Waals surface area contributed by atoms with E-state index >= 15 is 0 Å². The molecule has 2 aromatic rings. The fourth-order valence-electron chi connectivity index (χ4n) is 2.71. The van der Waals surface area contributed by atoms with Gasteiger partial charge in [0.25, 0.3) is 5.89 Å². The minimum atomic E-state index is 0.201. The zero-order valence-electron chi connectivity index (χ0n) is 12.3. The molecule has 1 aliphatic heterocycles. The summed E-state index contributed by atoms with van der Waals surface area (Å²) < 4.78 is 5.40. The van der Waals surface area contributed by atoms with Gasteiger partial charge in [0.1, 0.15) is 5.82 Å². The van der Waals surface area contributed by atoms with Crippen molar-refractivity contribution >= 4 is 5.82 Å². The molecule has 1 aliphatic rings. The molecular weight excluding hydrogens is 266 g/mol. The number of hydrogen-bond donors (Lipinski definition) is 1. The third-order valence-electron chi connectivity index (χ3n) is 3.72. The standard InChI is InChI=1S/C15H21N5O/c1-2-5-13-18-15(21-19-13)12-7-3-8-17-14(12)20-9-4-6-11(16)10-20/h3,7-8,11H,2,4-6,9-10,16H2,1H3. The summed E-state index contributed by atoms with van der Waals surface area (Å²) in [7, 11) is 0. The minimum Gasteiger partial charge on any atom is -0.354 e. The predicted octanol–water partition coefficient (Wildman–Crippen LogP) is 2.01. The fraction of sp³-hybridized carbons (Fsp3) is 0.533. The summed E-state index contributed by atoms with van der Waals surface area (Å²) >= 11 is 0. The highest BCUT2D eigenvalue weighted by molar-refractivity contribution is 5.69. The molecule has 3 heterocycles. The van der Waals surface area contributed by atoms with Gasteiger partial charge in [0.05, 0.1) is 5.56 Å². The largest absolute Gasteiger partial charge is 0.354 e. The van der Waals surface area contributed by atoms with Gasteiger partial charge in [0, 0.05) is 31.7 Å². The molecule has 112 valence electrons. The van der Waals surface area contributed by atoms with Crippen molar-refractivity contribution in [2.45, 2.75) is 38.6 Å². The van der Waals surface area contributed by atoms with E-state index in [2.05, 4.69) is 26.9 Å². The van der Waals surface area contributed by atoms with Crippen molar-refractivity contribution in [1.29, 1.82) is 0 Å². The Labute approximate surface area is 124 Å². The van der Waals surface area contributed by atoms with Crippen molar-refractivity contribution in [2.75, 3.05) is 18.0 Å². The topological polar surface area (TPSA) is 81.1 Å². The quantitative estimate of drug-likeness (QED) is 0.926. The molecule has 21 heavy (non-hydrogen) atoms. The van der Waals surface area contributed by atoms with E-state index in [4.69, 9.17) is 10.3 Å². The molecule has 1 atom stereocenters. The lowest BCUT2D eigenvalue weighted by Gasteiger charge is -2.32. The van der Waals surface area contributed by atoms with Gasteiger partial charge in [0.15, 0.2) is 5.82 Å². The Morgan fingerprint density at radius 3 is 3.19 bits per heavy atom. The first-order valence-corrected chi connectivity index (χ1v) is 7.56. The molecule has 0 bridgehead atoms. The lowest BCUT2D eigenvalue weighted by atomic mass is 10.1. The molecule has 0 amide bonds. The van der Waals surface area contributed by atoms with Gasteiger partial charge in [-0.15, -0.1) is 0 Å². The maximum Gasteiger partial charge on any atom is 0.261 e. The monoisotopic (exact) mass is 287 g/mol. The van der Waals surface area contributed by atoms with Crippen LogP contribution in [0.15, 0.2) is 22.9 Å². The third kappa shape index (κ3) is 3.05. The molecule has 0 aromatic carbocycles. The number of aryl methyl sites for hydroxylation is 1. The summed E-state index contributed by atoms with van der Waals surface area (Å²) in [5.41, 5.74) is 6.96. The van der Waals surface area contributed by atoms with Crippen molar-refractivity contribution in [2.24, 2.45) is 5.73 Å². The van der Waals surface area contributed by atoms with Crippen LogP contribution in [0.3, 0.4) is 0 Å². The van der Waals surface area contributed by atoms with E-state index in [9.17, 15) is 0 Å². The molecular formula is C15H21N5O. The van der Waals surface area contributed by atoms with E-state index in [1.54, 1.807) is 6.20 Å². The maximum atomic E-state index is 6.07. The van der Waals surface area contributed by atoms with Gasteiger partial charge in [0.2, 0.25) is 0 Å². The summed E-state index contributed by atoms with van der Waals surface area (Å²) in [6.45, 7) is 3.88. The number of anilines is 1. The summed E-state index contributed by atoms with van der Waals surface area (Å²) in [4.78, 5) is 11.2. The van der Waals surface area contributed by atoms with Crippen molar-refractivity contribution in [3.63, 3.8) is 0 Å². The van der Waals surface area contributed by atoms with E-state index in [0.29, 0.717) is 5.89 Å². The van der Waals surface area contributed by atoms with Gasteiger partial charge < -0.3 is 15.2 Å². The zero-order valence-corrected chi connectivity index (χ0v) is 12.3. The van der Waals surface area contributed by atoms with E-state index in [0.717, 1.165) is 56.0 Å². The van der Waals surface area contributed by atoms with Crippen LogP contribution in [0.25, 0.3) is 11.5 Å². The maximum absolute atomic E-state index is 6.07.